The third kappa shape index (κ3) is 4.98. The van der Waals surface area contributed by atoms with E-state index in [-0.39, 0.29) is 36.4 Å². The monoisotopic (exact) mass is 488 g/mol. The van der Waals surface area contributed by atoms with Crippen LogP contribution in [0.15, 0.2) is 36.5 Å². The van der Waals surface area contributed by atoms with Crippen LogP contribution in [0.1, 0.15) is 45.7 Å². The molecule has 34 heavy (non-hydrogen) atoms. The van der Waals surface area contributed by atoms with Gasteiger partial charge in [-0.1, -0.05) is 6.07 Å². The molecular formula is C25H33ClN4O4. The van der Waals surface area contributed by atoms with E-state index in [9.17, 15) is 14.7 Å². The zero-order chi connectivity index (χ0) is 23.7. The van der Waals surface area contributed by atoms with Crippen molar-refractivity contribution in [3.05, 3.63) is 42.1 Å². The van der Waals surface area contributed by atoms with Crippen molar-refractivity contribution >= 4 is 35.9 Å². The summed E-state index contributed by atoms with van der Waals surface area (Å²) in [6, 6.07) is 9.38. The summed E-state index contributed by atoms with van der Waals surface area (Å²) in [5.74, 6) is 0.879. The Hall–Kier alpha value is -2.84. The third-order valence-corrected chi connectivity index (χ3v) is 6.52. The number of pyridine rings is 1. The van der Waals surface area contributed by atoms with Crippen LogP contribution in [0.4, 0.5) is 16.3 Å². The summed E-state index contributed by atoms with van der Waals surface area (Å²) in [6.07, 6.45) is 1.45. The molecule has 1 saturated heterocycles. The predicted molar refractivity (Wildman–Crippen MR) is 135 cm³/mol. The van der Waals surface area contributed by atoms with Crippen molar-refractivity contribution in [1.82, 2.24) is 9.88 Å². The average Bonchev–Trinajstić information content (AvgIpc) is 2.79. The van der Waals surface area contributed by atoms with Crippen molar-refractivity contribution in [1.29, 1.82) is 0 Å². The SMILES string of the molecule is CC(=O)N1c2ccc(-c3ccc(N4CCOCC4)nc3)cc2[C@H](N(C(=O)O)C(C)C)C[C@@H]1C.Cl. The van der Waals surface area contributed by atoms with E-state index in [1.54, 1.807) is 11.8 Å². The number of carbonyl (C=O) groups excluding carboxylic acids is 1. The second-order valence-corrected chi connectivity index (χ2v) is 9.05. The molecule has 0 radical (unpaired) electrons. The first-order valence-corrected chi connectivity index (χ1v) is 11.5. The quantitative estimate of drug-likeness (QED) is 0.677. The van der Waals surface area contributed by atoms with Crippen LogP contribution in [0, 0.1) is 0 Å². The maximum Gasteiger partial charge on any atom is 0.408 e. The Labute approximate surface area is 206 Å². The molecule has 2 aromatic rings. The van der Waals surface area contributed by atoms with Crippen LogP contribution in [0.2, 0.25) is 0 Å². The van der Waals surface area contributed by atoms with E-state index >= 15 is 0 Å². The number of halogens is 1. The zero-order valence-electron chi connectivity index (χ0n) is 20.1. The molecule has 0 unspecified atom stereocenters. The van der Waals surface area contributed by atoms with Gasteiger partial charge in [-0.25, -0.2) is 9.78 Å². The fourth-order valence-electron chi connectivity index (χ4n) is 5.01. The molecule has 4 rings (SSSR count). The van der Waals surface area contributed by atoms with Gasteiger partial charge in [0.15, 0.2) is 0 Å². The fourth-order valence-corrected chi connectivity index (χ4v) is 5.01. The highest BCUT2D eigenvalue weighted by Crippen LogP contribution is 2.43. The van der Waals surface area contributed by atoms with Gasteiger partial charge in [0, 0.05) is 49.5 Å². The molecule has 0 bridgehead atoms. The van der Waals surface area contributed by atoms with Gasteiger partial charge in [-0.2, -0.15) is 0 Å². The van der Waals surface area contributed by atoms with E-state index in [0.29, 0.717) is 19.6 Å². The predicted octanol–water partition coefficient (Wildman–Crippen LogP) is 4.58. The maximum absolute atomic E-state index is 12.4. The Morgan fingerprint density at radius 3 is 2.38 bits per heavy atom. The van der Waals surface area contributed by atoms with Crippen LogP contribution in [-0.4, -0.2) is 65.4 Å². The van der Waals surface area contributed by atoms with Gasteiger partial charge < -0.3 is 19.6 Å². The van der Waals surface area contributed by atoms with Crippen molar-refractivity contribution in [2.45, 2.75) is 52.2 Å². The molecule has 184 valence electrons. The number of carboxylic acid groups (broad SMARTS) is 1. The maximum atomic E-state index is 12.4. The number of benzene rings is 1. The number of ether oxygens (including phenoxy) is 1. The zero-order valence-corrected chi connectivity index (χ0v) is 20.9. The minimum Gasteiger partial charge on any atom is -0.465 e. The molecule has 1 aromatic carbocycles. The molecule has 9 heteroatoms. The second kappa shape index (κ2) is 10.6. The van der Waals surface area contributed by atoms with E-state index in [4.69, 9.17) is 4.74 Å². The largest absolute Gasteiger partial charge is 0.465 e. The number of fused-ring (bicyclic) bond motifs is 1. The molecule has 2 aliphatic heterocycles. The molecule has 0 spiro atoms. The van der Waals surface area contributed by atoms with Crippen LogP contribution in [0.3, 0.4) is 0 Å². The summed E-state index contributed by atoms with van der Waals surface area (Å²) in [7, 11) is 0. The molecule has 0 saturated carbocycles. The standard InChI is InChI=1S/C25H32N4O4.ClH/c1-16(2)28(25(31)32)23-13-17(3)29(18(4)30)22-7-5-19(14-21(22)23)20-6-8-24(26-15-20)27-9-11-33-12-10-27;/h5-8,14-17,23H,9-13H2,1-4H3,(H,31,32);1H/t17-,23+;/m0./s1. The Morgan fingerprint density at radius 1 is 1.15 bits per heavy atom. The lowest BCUT2D eigenvalue weighted by Gasteiger charge is -2.43. The Bertz CT molecular complexity index is 1020. The number of anilines is 2. The van der Waals surface area contributed by atoms with Crippen LogP contribution in [-0.2, 0) is 9.53 Å². The van der Waals surface area contributed by atoms with E-state index in [1.165, 1.54) is 4.90 Å². The number of hydrogen-bond donors (Lipinski definition) is 1. The summed E-state index contributed by atoms with van der Waals surface area (Å²) in [5, 5.41) is 9.95. The first kappa shape index (κ1) is 25.8. The van der Waals surface area contributed by atoms with Gasteiger partial charge in [0.1, 0.15) is 5.82 Å². The van der Waals surface area contributed by atoms with E-state index in [1.807, 2.05) is 57.3 Å². The first-order chi connectivity index (χ1) is 15.8. The molecule has 1 N–H and O–H groups in total. The highest BCUT2D eigenvalue weighted by molar-refractivity contribution is 5.94. The molecule has 1 fully saturated rings. The lowest BCUT2D eigenvalue weighted by atomic mass is 9.88. The number of rotatable bonds is 4. The van der Waals surface area contributed by atoms with E-state index < -0.39 is 6.09 Å². The summed E-state index contributed by atoms with van der Waals surface area (Å²) >= 11 is 0. The van der Waals surface area contributed by atoms with Crippen molar-refractivity contribution in [3.63, 3.8) is 0 Å². The van der Waals surface area contributed by atoms with Gasteiger partial charge >= 0.3 is 6.09 Å². The van der Waals surface area contributed by atoms with Gasteiger partial charge in [-0.3, -0.25) is 9.69 Å². The minimum absolute atomic E-state index is 0. The van der Waals surface area contributed by atoms with Crippen molar-refractivity contribution < 1.29 is 19.4 Å². The normalized spacial score (nSPS) is 19.9. The van der Waals surface area contributed by atoms with Gasteiger partial charge in [-0.15, -0.1) is 12.4 Å². The molecule has 2 aliphatic rings. The molecular weight excluding hydrogens is 456 g/mol. The van der Waals surface area contributed by atoms with Crippen LogP contribution < -0.4 is 9.80 Å². The molecule has 2 amide bonds. The topological polar surface area (TPSA) is 86.2 Å². The Kier molecular flexibility index (Phi) is 8.05. The molecule has 1 aromatic heterocycles. The Balaban J connectivity index is 0.00000324. The molecule has 3 heterocycles. The third-order valence-electron chi connectivity index (χ3n) is 6.52. The van der Waals surface area contributed by atoms with Crippen molar-refractivity contribution in [2.24, 2.45) is 0 Å². The lowest BCUT2D eigenvalue weighted by molar-refractivity contribution is -0.117. The number of amides is 2. The summed E-state index contributed by atoms with van der Waals surface area (Å²) in [4.78, 5) is 34.7. The van der Waals surface area contributed by atoms with E-state index in [2.05, 4.69) is 9.88 Å². The fraction of sp³-hybridized carbons (Fsp3) is 0.480. The number of aromatic nitrogens is 1. The van der Waals surface area contributed by atoms with Gasteiger partial charge in [0.05, 0.1) is 19.3 Å². The minimum atomic E-state index is -0.952. The number of morpholine rings is 1. The van der Waals surface area contributed by atoms with Gasteiger partial charge in [0.25, 0.3) is 0 Å². The number of nitrogens with zero attached hydrogens (tertiary/aromatic N) is 4. The smallest absolute Gasteiger partial charge is 0.408 e. The van der Waals surface area contributed by atoms with Crippen molar-refractivity contribution in [2.75, 3.05) is 36.1 Å². The van der Waals surface area contributed by atoms with Gasteiger partial charge in [-0.05, 0) is 62.6 Å². The summed E-state index contributed by atoms with van der Waals surface area (Å²) in [6.45, 7) is 10.4. The second-order valence-electron chi connectivity index (χ2n) is 9.05. The lowest BCUT2D eigenvalue weighted by Crippen LogP contribution is -2.48. The summed E-state index contributed by atoms with van der Waals surface area (Å²) < 4.78 is 5.42. The molecule has 8 nitrogen and oxygen atoms in total. The first-order valence-electron chi connectivity index (χ1n) is 11.5. The number of hydrogen-bond acceptors (Lipinski definition) is 5. The summed E-state index contributed by atoms with van der Waals surface area (Å²) in [5.41, 5.74) is 3.54. The number of carbonyl (C=O) groups is 2. The molecule has 0 aliphatic carbocycles. The highest BCUT2D eigenvalue weighted by Gasteiger charge is 2.38. The average molecular weight is 489 g/mol. The van der Waals surface area contributed by atoms with Gasteiger partial charge in [0.2, 0.25) is 5.91 Å². The highest BCUT2D eigenvalue weighted by atomic mass is 35.5. The molecule has 2 atom stereocenters. The Morgan fingerprint density at radius 2 is 1.82 bits per heavy atom. The van der Waals surface area contributed by atoms with Crippen LogP contribution in [0.25, 0.3) is 11.1 Å². The van der Waals surface area contributed by atoms with Crippen molar-refractivity contribution in [3.8, 4) is 11.1 Å². The van der Waals surface area contributed by atoms with E-state index in [0.717, 1.165) is 41.3 Å². The van der Waals surface area contributed by atoms with Crippen LogP contribution in [0.5, 0.6) is 0 Å². The van der Waals surface area contributed by atoms with Crippen LogP contribution >= 0.6 is 12.4 Å².